The molecule has 0 aliphatic carbocycles. The number of hydrogen-bond donors (Lipinski definition) is 2. The van der Waals surface area contributed by atoms with Crippen LogP contribution in [0.3, 0.4) is 0 Å². The zero-order valence-electron chi connectivity index (χ0n) is 27.4. The zero-order valence-corrected chi connectivity index (χ0v) is 28.4. The van der Waals surface area contributed by atoms with E-state index in [1.165, 1.54) is 12.0 Å². The van der Waals surface area contributed by atoms with E-state index in [0.29, 0.717) is 11.3 Å². The number of methoxy groups -OCH3 is 1. The molecule has 44 heavy (non-hydrogen) atoms. The van der Waals surface area contributed by atoms with E-state index < -0.39 is 62.7 Å². The number of para-hydroxylation sites is 1. The molecule has 4 atom stereocenters. The smallest absolute Gasteiger partial charge is 0.408 e. The monoisotopic (exact) mass is 628 g/mol. The van der Waals surface area contributed by atoms with Crippen LogP contribution in [0.4, 0.5) is 4.79 Å². The van der Waals surface area contributed by atoms with Crippen LogP contribution in [0.5, 0.6) is 5.75 Å². The number of aliphatic hydroxyl groups excluding tert-OH is 1. The van der Waals surface area contributed by atoms with Crippen LogP contribution in [0.15, 0.2) is 54.6 Å². The molecule has 0 bridgehead atoms. The lowest BCUT2D eigenvalue weighted by atomic mass is 10.0. The molecule has 0 aromatic heterocycles. The zero-order chi connectivity index (χ0) is 32.9. The van der Waals surface area contributed by atoms with Gasteiger partial charge in [-0.3, -0.25) is 4.79 Å². The summed E-state index contributed by atoms with van der Waals surface area (Å²) < 4.78 is 23.7. The van der Waals surface area contributed by atoms with E-state index >= 15 is 0 Å². The first-order valence-corrected chi connectivity index (χ1v) is 17.8. The Labute approximate surface area is 262 Å². The Hall–Kier alpha value is -3.41. The second-order valence-electron chi connectivity index (χ2n) is 13.6. The molecular weight excluding hydrogens is 580 g/mol. The fraction of sp³-hybridized carbons (Fsp3) is 0.545. The Kier molecular flexibility index (Phi) is 11.3. The molecule has 2 aromatic rings. The van der Waals surface area contributed by atoms with Gasteiger partial charge in [-0.2, -0.15) is 0 Å². The fourth-order valence-corrected chi connectivity index (χ4v) is 6.23. The van der Waals surface area contributed by atoms with Gasteiger partial charge >= 0.3 is 12.1 Å². The fourth-order valence-electron chi connectivity index (χ4n) is 4.90. The molecule has 11 heteroatoms. The molecule has 1 aliphatic rings. The summed E-state index contributed by atoms with van der Waals surface area (Å²) in [5, 5.41) is 12.6. The van der Waals surface area contributed by atoms with Gasteiger partial charge in [-0.05, 0) is 50.5 Å². The van der Waals surface area contributed by atoms with E-state index in [4.69, 9.17) is 18.6 Å². The Balaban J connectivity index is 2.12. The summed E-state index contributed by atoms with van der Waals surface area (Å²) in [5.41, 5.74) is 0.778. The highest BCUT2D eigenvalue weighted by molar-refractivity contribution is 6.74. The first-order valence-electron chi connectivity index (χ1n) is 14.9. The third-order valence-electron chi connectivity index (χ3n) is 8.07. The molecule has 1 heterocycles. The highest BCUT2D eigenvalue weighted by Gasteiger charge is 2.53. The van der Waals surface area contributed by atoms with E-state index in [2.05, 4.69) is 39.2 Å². The minimum Gasteiger partial charge on any atom is -0.489 e. The van der Waals surface area contributed by atoms with Crippen LogP contribution in [0.25, 0.3) is 0 Å². The van der Waals surface area contributed by atoms with E-state index in [1.54, 1.807) is 20.8 Å². The summed E-state index contributed by atoms with van der Waals surface area (Å²) in [6.45, 7) is 15.2. The predicted molar refractivity (Wildman–Crippen MR) is 170 cm³/mol. The maximum Gasteiger partial charge on any atom is 0.408 e. The van der Waals surface area contributed by atoms with Crippen LogP contribution in [-0.4, -0.2) is 73.8 Å². The lowest BCUT2D eigenvalue weighted by Crippen LogP contribution is -2.55. The summed E-state index contributed by atoms with van der Waals surface area (Å²) in [7, 11) is -1.17. The molecule has 0 spiro atoms. The number of esters is 1. The van der Waals surface area contributed by atoms with Gasteiger partial charge in [-0.25, -0.2) is 9.59 Å². The summed E-state index contributed by atoms with van der Waals surface area (Å²) in [6, 6.07) is 13.8. The largest absolute Gasteiger partial charge is 0.489 e. The topological polar surface area (TPSA) is 124 Å². The third-order valence-corrected chi connectivity index (χ3v) is 12.6. The molecule has 10 nitrogen and oxygen atoms in total. The Morgan fingerprint density at radius 1 is 1.00 bits per heavy atom. The molecule has 0 saturated carbocycles. The van der Waals surface area contributed by atoms with E-state index in [-0.39, 0.29) is 18.1 Å². The van der Waals surface area contributed by atoms with Crippen LogP contribution < -0.4 is 10.1 Å². The second-order valence-corrected chi connectivity index (χ2v) is 18.3. The van der Waals surface area contributed by atoms with Gasteiger partial charge in [0.05, 0.1) is 25.9 Å². The summed E-state index contributed by atoms with van der Waals surface area (Å²) in [6.07, 6.45) is -1.31. The van der Waals surface area contributed by atoms with Crippen molar-refractivity contribution < 1.29 is 38.1 Å². The summed E-state index contributed by atoms with van der Waals surface area (Å²) in [4.78, 5) is 41.6. The van der Waals surface area contributed by atoms with Gasteiger partial charge < -0.3 is 34.0 Å². The van der Waals surface area contributed by atoms with Crippen molar-refractivity contribution in [2.45, 2.75) is 103 Å². The minimum atomic E-state index is -2.43. The number of rotatable bonds is 10. The van der Waals surface area contributed by atoms with Crippen molar-refractivity contribution >= 4 is 26.3 Å². The van der Waals surface area contributed by atoms with Crippen molar-refractivity contribution in [1.29, 1.82) is 0 Å². The third kappa shape index (κ3) is 8.61. The van der Waals surface area contributed by atoms with Crippen molar-refractivity contribution in [3.8, 4) is 5.75 Å². The number of ether oxygens (including phenoxy) is 3. The van der Waals surface area contributed by atoms with Crippen LogP contribution in [0.1, 0.15) is 65.1 Å². The number of amides is 2. The van der Waals surface area contributed by atoms with Crippen LogP contribution in [0.2, 0.25) is 18.1 Å². The van der Waals surface area contributed by atoms with Gasteiger partial charge in [0.1, 0.15) is 30.0 Å². The molecule has 3 rings (SSSR count). The van der Waals surface area contributed by atoms with Gasteiger partial charge in [0.2, 0.25) is 5.91 Å². The SMILES string of the molecule is COC(=O)[C@@H]1C[C@@H](O[Si](C)(C)C(C)(C)C)[C@H](c2ccccc2OCc2ccccc2)N1C(=O)[C@H](CO)NC(=O)OC(C)(C)C. The Morgan fingerprint density at radius 2 is 1.61 bits per heavy atom. The number of nitrogens with one attached hydrogen (secondary N) is 1. The molecular formula is C33H48N2O8Si. The average Bonchev–Trinajstić information content (AvgIpc) is 3.31. The number of aliphatic hydroxyl groups is 1. The number of benzene rings is 2. The highest BCUT2D eigenvalue weighted by Crippen LogP contribution is 2.47. The number of alkyl carbamates (subject to hydrolysis) is 1. The standard InChI is InChI=1S/C33H48N2O8Si/c1-32(2,3)42-31(39)34-24(20-36)29(37)35-25(30(38)40-7)19-27(43-44(8,9)33(4,5)6)28(35)23-17-13-14-18-26(23)41-21-22-15-11-10-12-16-22/h10-18,24-25,27-28,36H,19-21H2,1-9H3,(H,34,39)/t24-,25-,27+,28-/m0/s1. The predicted octanol–water partition coefficient (Wildman–Crippen LogP) is 5.36. The van der Waals surface area contributed by atoms with Gasteiger partial charge in [-0.15, -0.1) is 0 Å². The average molecular weight is 629 g/mol. The molecule has 2 N–H and O–H groups in total. The van der Waals surface area contributed by atoms with Crippen LogP contribution in [0, 0.1) is 0 Å². The summed E-state index contributed by atoms with van der Waals surface area (Å²) >= 11 is 0. The van der Waals surface area contributed by atoms with Crippen molar-refractivity contribution in [3.63, 3.8) is 0 Å². The maximum atomic E-state index is 14.3. The van der Waals surface area contributed by atoms with Crippen molar-refractivity contribution in [2.24, 2.45) is 0 Å². The highest BCUT2D eigenvalue weighted by atomic mass is 28.4. The normalized spacial score (nSPS) is 19.7. The van der Waals surface area contributed by atoms with E-state index in [1.807, 2.05) is 54.6 Å². The van der Waals surface area contributed by atoms with Crippen molar-refractivity contribution in [1.82, 2.24) is 10.2 Å². The molecule has 2 amide bonds. The number of hydrogen-bond acceptors (Lipinski definition) is 8. The van der Waals surface area contributed by atoms with Crippen LogP contribution in [-0.2, 0) is 30.1 Å². The maximum absolute atomic E-state index is 14.3. The minimum absolute atomic E-state index is 0.160. The van der Waals surface area contributed by atoms with Crippen molar-refractivity contribution in [2.75, 3.05) is 13.7 Å². The number of nitrogens with zero attached hydrogens (tertiary/aromatic N) is 1. The molecule has 1 aliphatic heterocycles. The molecule has 1 fully saturated rings. The van der Waals surface area contributed by atoms with Gasteiger partial charge in [0.25, 0.3) is 0 Å². The Bertz CT molecular complexity index is 1290. The number of carbonyl (C=O) groups is 3. The van der Waals surface area contributed by atoms with Gasteiger partial charge in [0.15, 0.2) is 8.32 Å². The number of likely N-dealkylation sites (tertiary alicyclic amines) is 1. The quantitative estimate of drug-likeness (QED) is 0.266. The molecule has 2 aromatic carbocycles. The van der Waals surface area contributed by atoms with Crippen LogP contribution >= 0.6 is 0 Å². The Morgan fingerprint density at radius 3 is 2.18 bits per heavy atom. The van der Waals surface area contributed by atoms with Gasteiger partial charge in [0, 0.05) is 12.0 Å². The second kappa shape index (κ2) is 14.1. The summed E-state index contributed by atoms with van der Waals surface area (Å²) in [5.74, 6) is -0.770. The van der Waals surface area contributed by atoms with Gasteiger partial charge in [-0.1, -0.05) is 69.3 Å². The van der Waals surface area contributed by atoms with E-state index in [0.717, 1.165) is 5.56 Å². The first kappa shape index (κ1) is 35.1. The van der Waals surface area contributed by atoms with E-state index in [9.17, 15) is 19.5 Å². The molecule has 0 radical (unpaired) electrons. The molecule has 0 unspecified atom stereocenters. The first-order chi connectivity index (χ1) is 20.5. The lowest BCUT2D eigenvalue weighted by Gasteiger charge is -2.41. The molecule has 242 valence electrons. The number of carbonyl (C=O) groups excluding carboxylic acids is 3. The molecule has 1 saturated heterocycles. The lowest BCUT2D eigenvalue weighted by molar-refractivity contribution is -0.153. The van der Waals surface area contributed by atoms with Crippen molar-refractivity contribution in [3.05, 3.63) is 65.7 Å².